The number of hydrogen-bond donors (Lipinski definition) is 1. The molecule has 1 saturated heterocycles. The fourth-order valence-corrected chi connectivity index (χ4v) is 3.01. The maximum Gasteiger partial charge on any atom is 0.120 e. The van der Waals surface area contributed by atoms with Crippen molar-refractivity contribution in [3.8, 4) is 0 Å². The molecule has 1 aromatic rings. The van der Waals surface area contributed by atoms with Crippen molar-refractivity contribution in [2.45, 2.75) is 66.0 Å². The summed E-state index contributed by atoms with van der Waals surface area (Å²) in [6.07, 6.45) is 6.86. The third-order valence-corrected chi connectivity index (χ3v) is 4.24. The van der Waals surface area contributed by atoms with Crippen molar-refractivity contribution >= 4 is 0 Å². The molecule has 0 radical (unpaired) electrons. The number of aryl methyl sites for hydroxylation is 1. The highest BCUT2D eigenvalue weighted by atomic mass is 16.3. The second-order valence-corrected chi connectivity index (χ2v) is 6.89. The highest BCUT2D eigenvalue weighted by Crippen LogP contribution is 2.18. The molecule has 0 spiro atoms. The number of hydrogen-bond acceptors (Lipinski definition) is 3. The number of rotatable bonds is 6. The van der Waals surface area contributed by atoms with Gasteiger partial charge in [0.15, 0.2) is 0 Å². The first-order chi connectivity index (χ1) is 10.1. The predicted octanol–water partition coefficient (Wildman–Crippen LogP) is 4.10. The molecule has 1 aromatic heterocycles. The Kier molecular flexibility index (Phi) is 6.78. The van der Waals surface area contributed by atoms with Gasteiger partial charge >= 0.3 is 0 Å². The van der Waals surface area contributed by atoms with Crippen LogP contribution in [0.3, 0.4) is 0 Å². The lowest BCUT2D eigenvalue weighted by molar-refractivity contribution is 0.220. The average molecular weight is 292 g/mol. The normalized spacial score (nSPS) is 17.9. The molecule has 0 aliphatic carbocycles. The Morgan fingerprint density at radius 3 is 2.48 bits per heavy atom. The first kappa shape index (κ1) is 16.6. The third kappa shape index (κ3) is 5.84. The second kappa shape index (κ2) is 8.60. The van der Waals surface area contributed by atoms with Crippen LogP contribution >= 0.6 is 0 Å². The van der Waals surface area contributed by atoms with E-state index in [0.717, 1.165) is 31.2 Å². The van der Waals surface area contributed by atoms with Crippen molar-refractivity contribution in [2.75, 3.05) is 19.6 Å². The van der Waals surface area contributed by atoms with Crippen molar-refractivity contribution in [3.63, 3.8) is 0 Å². The molecular weight excluding hydrogens is 260 g/mol. The Morgan fingerprint density at radius 2 is 1.81 bits per heavy atom. The van der Waals surface area contributed by atoms with Gasteiger partial charge in [0.1, 0.15) is 11.5 Å². The number of likely N-dealkylation sites (tertiary alicyclic amines) is 1. The van der Waals surface area contributed by atoms with Gasteiger partial charge in [-0.15, -0.1) is 0 Å². The highest BCUT2D eigenvalue weighted by Gasteiger charge is 2.13. The molecule has 0 unspecified atom stereocenters. The lowest BCUT2D eigenvalue weighted by Crippen LogP contribution is -2.26. The minimum absolute atomic E-state index is 0.681. The van der Waals surface area contributed by atoms with Crippen LogP contribution in [0.4, 0.5) is 0 Å². The van der Waals surface area contributed by atoms with Crippen LogP contribution in [0.25, 0.3) is 0 Å². The van der Waals surface area contributed by atoms with Crippen molar-refractivity contribution in [1.29, 1.82) is 0 Å². The molecule has 1 fully saturated rings. The summed E-state index contributed by atoms with van der Waals surface area (Å²) in [5.74, 6) is 2.92. The van der Waals surface area contributed by atoms with Crippen molar-refractivity contribution in [3.05, 3.63) is 23.2 Å². The van der Waals surface area contributed by atoms with E-state index in [-0.39, 0.29) is 0 Å². The molecule has 120 valence electrons. The number of nitrogens with one attached hydrogen (secondary N) is 1. The molecule has 2 rings (SSSR count). The van der Waals surface area contributed by atoms with Crippen LogP contribution in [0.1, 0.15) is 63.0 Å². The van der Waals surface area contributed by atoms with Crippen LogP contribution in [-0.2, 0) is 13.1 Å². The summed E-state index contributed by atoms with van der Waals surface area (Å²) in [7, 11) is 0. The van der Waals surface area contributed by atoms with Crippen LogP contribution in [-0.4, -0.2) is 24.5 Å². The first-order valence-corrected chi connectivity index (χ1v) is 8.66. The molecule has 1 aliphatic rings. The van der Waals surface area contributed by atoms with E-state index in [1.54, 1.807) is 0 Å². The molecule has 0 amide bonds. The molecule has 21 heavy (non-hydrogen) atoms. The Bertz CT molecular complexity index is 403. The standard InChI is InChI=1S/C18H32N2O/c1-15(2)12-19-13-18-16(3)11-17(21-18)14-20-9-7-5-4-6-8-10-20/h11,15,19H,4-10,12-14H2,1-3H3. The zero-order valence-electron chi connectivity index (χ0n) is 14.1. The van der Waals surface area contributed by atoms with Gasteiger partial charge in [0.05, 0.1) is 13.1 Å². The van der Waals surface area contributed by atoms with E-state index >= 15 is 0 Å². The molecule has 0 saturated carbocycles. The van der Waals surface area contributed by atoms with Crippen molar-refractivity contribution in [1.82, 2.24) is 10.2 Å². The van der Waals surface area contributed by atoms with E-state index in [0.29, 0.717) is 5.92 Å². The van der Waals surface area contributed by atoms with E-state index in [1.165, 1.54) is 50.8 Å². The Balaban J connectivity index is 1.85. The summed E-state index contributed by atoms with van der Waals surface area (Å²) in [6.45, 7) is 11.9. The SMILES string of the molecule is Cc1cc(CN2CCCCCCC2)oc1CNCC(C)C. The largest absolute Gasteiger partial charge is 0.463 e. The topological polar surface area (TPSA) is 28.4 Å². The van der Waals surface area contributed by atoms with E-state index < -0.39 is 0 Å². The van der Waals surface area contributed by atoms with Gasteiger partial charge < -0.3 is 9.73 Å². The Morgan fingerprint density at radius 1 is 1.14 bits per heavy atom. The zero-order chi connectivity index (χ0) is 15.1. The summed E-state index contributed by atoms with van der Waals surface area (Å²) in [5, 5.41) is 3.47. The molecule has 1 N–H and O–H groups in total. The predicted molar refractivity (Wildman–Crippen MR) is 88.4 cm³/mol. The highest BCUT2D eigenvalue weighted by molar-refractivity contribution is 5.20. The summed E-state index contributed by atoms with van der Waals surface area (Å²) in [6, 6.07) is 2.23. The Hall–Kier alpha value is -0.800. The quantitative estimate of drug-likeness (QED) is 0.855. The summed E-state index contributed by atoms with van der Waals surface area (Å²) >= 11 is 0. The molecular formula is C18H32N2O. The smallest absolute Gasteiger partial charge is 0.120 e. The average Bonchev–Trinajstić information content (AvgIpc) is 2.73. The lowest BCUT2D eigenvalue weighted by Gasteiger charge is -2.23. The Labute approximate surface area is 130 Å². The maximum absolute atomic E-state index is 6.07. The van der Waals surface area contributed by atoms with Gasteiger partial charge in [-0.1, -0.05) is 33.1 Å². The van der Waals surface area contributed by atoms with E-state index in [4.69, 9.17) is 4.42 Å². The molecule has 3 heteroatoms. The van der Waals surface area contributed by atoms with E-state index in [9.17, 15) is 0 Å². The van der Waals surface area contributed by atoms with E-state index in [1.807, 2.05) is 0 Å². The van der Waals surface area contributed by atoms with Gasteiger partial charge in [-0.25, -0.2) is 0 Å². The van der Waals surface area contributed by atoms with E-state index in [2.05, 4.69) is 37.1 Å². The maximum atomic E-state index is 6.07. The molecule has 0 bridgehead atoms. The number of nitrogens with zero attached hydrogens (tertiary/aromatic N) is 1. The third-order valence-electron chi connectivity index (χ3n) is 4.24. The molecule has 0 aromatic carbocycles. The van der Waals surface area contributed by atoms with Gasteiger partial charge in [-0.05, 0) is 56.9 Å². The van der Waals surface area contributed by atoms with Crippen LogP contribution in [0, 0.1) is 12.8 Å². The van der Waals surface area contributed by atoms with Crippen LogP contribution in [0.5, 0.6) is 0 Å². The lowest BCUT2D eigenvalue weighted by atomic mass is 10.1. The first-order valence-electron chi connectivity index (χ1n) is 8.66. The molecule has 3 nitrogen and oxygen atoms in total. The fraction of sp³-hybridized carbons (Fsp3) is 0.778. The summed E-state index contributed by atoms with van der Waals surface area (Å²) < 4.78 is 6.07. The second-order valence-electron chi connectivity index (χ2n) is 6.89. The van der Waals surface area contributed by atoms with Gasteiger partial charge in [-0.2, -0.15) is 0 Å². The van der Waals surface area contributed by atoms with Crippen LogP contribution in [0.2, 0.25) is 0 Å². The van der Waals surface area contributed by atoms with Crippen molar-refractivity contribution in [2.24, 2.45) is 5.92 Å². The van der Waals surface area contributed by atoms with Gasteiger partial charge in [-0.3, -0.25) is 4.90 Å². The van der Waals surface area contributed by atoms with Crippen molar-refractivity contribution < 1.29 is 4.42 Å². The minimum Gasteiger partial charge on any atom is -0.463 e. The molecule has 2 heterocycles. The van der Waals surface area contributed by atoms with Gasteiger partial charge in [0, 0.05) is 0 Å². The van der Waals surface area contributed by atoms with Gasteiger partial charge in [0.25, 0.3) is 0 Å². The van der Waals surface area contributed by atoms with Crippen LogP contribution < -0.4 is 5.32 Å². The molecule has 0 atom stereocenters. The zero-order valence-corrected chi connectivity index (χ0v) is 14.1. The minimum atomic E-state index is 0.681. The fourth-order valence-electron chi connectivity index (χ4n) is 3.01. The monoisotopic (exact) mass is 292 g/mol. The molecule has 1 aliphatic heterocycles. The summed E-state index contributed by atoms with van der Waals surface area (Å²) in [4.78, 5) is 2.56. The van der Waals surface area contributed by atoms with Gasteiger partial charge in [0.2, 0.25) is 0 Å². The van der Waals surface area contributed by atoms with Crippen LogP contribution in [0.15, 0.2) is 10.5 Å². The summed E-state index contributed by atoms with van der Waals surface area (Å²) in [5.41, 5.74) is 1.29. The number of furan rings is 1.